The Morgan fingerprint density at radius 3 is 2.48 bits per heavy atom. The minimum Gasteiger partial charge on any atom is -0.457 e. The Bertz CT molecular complexity index is 921. The smallest absolute Gasteiger partial charge is 0.303 e. The third-order valence-electron chi connectivity index (χ3n) is 4.14. The summed E-state index contributed by atoms with van der Waals surface area (Å²) in [6.07, 6.45) is 6.65. The van der Waals surface area contributed by atoms with Gasteiger partial charge < -0.3 is 10.5 Å². The lowest BCUT2D eigenvalue weighted by Gasteiger charge is -2.33. The van der Waals surface area contributed by atoms with E-state index in [1.54, 1.807) is 24.4 Å². The molecular formula is C19H21N2O3S+. The van der Waals surface area contributed by atoms with E-state index in [4.69, 9.17) is 10.5 Å². The number of quaternary nitrogens is 1. The summed E-state index contributed by atoms with van der Waals surface area (Å²) >= 11 is 0. The molecule has 2 aromatic carbocycles. The summed E-state index contributed by atoms with van der Waals surface area (Å²) in [4.78, 5) is 0. The lowest BCUT2D eigenvalue weighted by atomic mass is 10.2. The highest BCUT2D eigenvalue weighted by atomic mass is 32.2. The maximum atomic E-state index is 12.7. The largest absolute Gasteiger partial charge is 0.457 e. The van der Waals surface area contributed by atoms with Gasteiger partial charge in [0.15, 0.2) is 5.69 Å². The van der Waals surface area contributed by atoms with Gasteiger partial charge in [0, 0.05) is 24.3 Å². The molecule has 0 fully saturated rings. The summed E-state index contributed by atoms with van der Waals surface area (Å²) < 4.78 is 30.9. The van der Waals surface area contributed by atoms with Gasteiger partial charge in [0.1, 0.15) is 24.2 Å². The summed E-state index contributed by atoms with van der Waals surface area (Å²) in [7, 11) is -3.47. The number of ether oxygens (including phenoxy) is 1. The van der Waals surface area contributed by atoms with Crippen LogP contribution in [0.15, 0.2) is 78.5 Å². The molecule has 2 aromatic rings. The summed E-state index contributed by atoms with van der Waals surface area (Å²) in [6, 6.07) is 16.5. The average molecular weight is 357 g/mol. The molecule has 2 N–H and O–H groups in total. The summed E-state index contributed by atoms with van der Waals surface area (Å²) in [5.41, 5.74) is 7.13. The van der Waals surface area contributed by atoms with E-state index in [9.17, 15) is 8.42 Å². The molecule has 1 atom stereocenters. The van der Waals surface area contributed by atoms with Gasteiger partial charge in [-0.1, -0.05) is 30.3 Å². The molecule has 1 aliphatic heterocycles. The predicted molar refractivity (Wildman–Crippen MR) is 101 cm³/mol. The van der Waals surface area contributed by atoms with Crippen molar-refractivity contribution >= 4 is 15.7 Å². The Morgan fingerprint density at radius 1 is 1.08 bits per heavy atom. The number of nitrogens with zero attached hydrogens (tertiary/aromatic N) is 1. The second-order valence-corrected chi connectivity index (χ2v) is 8.05. The van der Waals surface area contributed by atoms with Crippen LogP contribution in [0.4, 0.5) is 5.69 Å². The standard InChI is InChI=1S/C19H21N2O3S/c1-25(22,23)21(12-6-7-16(14-20)15-21)17-8-5-11-19(13-17)24-18-9-3-2-4-10-18/h2-11,13,15H,12,14,20H2,1H3/q+1. The van der Waals surface area contributed by atoms with E-state index in [1.807, 2.05) is 48.6 Å². The Kier molecular flexibility index (Phi) is 4.76. The first-order valence-electron chi connectivity index (χ1n) is 7.94. The highest BCUT2D eigenvalue weighted by Gasteiger charge is 2.40. The monoisotopic (exact) mass is 357 g/mol. The van der Waals surface area contributed by atoms with E-state index < -0.39 is 10.0 Å². The lowest BCUT2D eigenvalue weighted by molar-refractivity contribution is 0.478. The highest BCUT2D eigenvalue weighted by molar-refractivity contribution is 7.90. The van der Waals surface area contributed by atoms with Crippen molar-refractivity contribution in [2.75, 3.05) is 19.3 Å². The van der Waals surface area contributed by atoms with Gasteiger partial charge in [-0.15, -0.1) is 0 Å². The molecule has 0 radical (unpaired) electrons. The molecule has 0 bridgehead atoms. The van der Waals surface area contributed by atoms with E-state index >= 15 is 0 Å². The molecule has 6 heteroatoms. The quantitative estimate of drug-likeness (QED) is 0.835. The Labute approximate surface area is 148 Å². The maximum Gasteiger partial charge on any atom is 0.303 e. The van der Waals surface area contributed by atoms with Crippen LogP contribution < -0.4 is 14.4 Å². The fourth-order valence-electron chi connectivity index (χ4n) is 2.85. The van der Waals surface area contributed by atoms with Crippen LogP contribution in [0.5, 0.6) is 11.5 Å². The number of para-hydroxylation sites is 1. The molecule has 25 heavy (non-hydrogen) atoms. The lowest BCUT2D eigenvalue weighted by Crippen LogP contribution is -2.50. The minimum absolute atomic E-state index is 0.284. The summed E-state index contributed by atoms with van der Waals surface area (Å²) in [5.74, 6) is 1.28. The first-order chi connectivity index (χ1) is 11.9. The van der Waals surface area contributed by atoms with Crippen LogP contribution in [-0.4, -0.2) is 27.8 Å². The molecule has 0 aromatic heterocycles. The van der Waals surface area contributed by atoms with Gasteiger partial charge in [0.2, 0.25) is 0 Å². The molecule has 5 nitrogen and oxygen atoms in total. The molecule has 0 amide bonds. The van der Waals surface area contributed by atoms with Gasteiger partial charge in [-0.2, -0.15) is 12.3 Å². The Hall–Kier alpha value is -2.41. The van der Waals surface area contributed by atoms with Crippen LogP contribution in [0.2, 0.25) is 0 Å². The zero-order chi connectivity index (χ0) is 17.9. The van der Waals surface area contributed by atoms with Crippen molar-refractivity contribution in [2.45, 2.75) is 0 Å². The fraction of sp³-hybridized carbons (Fsp3) is 0.158. The van der Waals surface area contributed by atoms with Crippen molar-refractivity contribution in [1.29, 1.82) is 0 Å². The molecule has 0 aliphatic carbocycles. The summed E-state index contributed by atoms with van der Waals surface area (Å²) in [6.45, 7) is 0.601. The van der Waals surface area contributed by atoms with Crippen molar-refractivity contribution in [1.82, 2.24) is 3.89 Å². The van der Waals surface area contributed by atoms with Crippen LogP contribution in [0.3, 0.4) is 0 Å². The molecule has 1 unspecified atom stereocenters. The van der Waals surface area contributed by atoms with Crippen LogP contribution >= 0.6 is 0 Å². The predicted octanol–water partition coefficient (Wildman–Crippen LogP) is 3.16. The zero-order valence-corrected chi connectivity index (χ0v) is 14.8. The molecule has 130 valence electrons. The van der Waals surface area contributed by atoms with Crippen molar-refractivity contribution < 1.29 is 13.2 Å². The Morgan fingerprint density at radius 2 is 1.80 bits per heavy atom. The molecule has 1 aliphatic rings. The number of benzene rings is 2. The topological polar surface area (TPSA) is 69.4 Å². The number of hydrogen-bond donors (Lipinski definition) is 1. The molecule has 0 spiro atoms. The van der Waals surface area contributed by atoms with Crippen LogP contribution in [0, 0.1) is 0 Å². The first-order valence-corrected chi connectivity index (χ1v) is 9.79. The SMILES string of the molecule is CS(=O)(=O)[N+]1(c2cccc(Oc3ccccc3)c2)C=C(CN)C=CC1. The van der Waals surface area contributed by atoms with Crippen LogP contribution in [0.25, 0.3) is 0 Å². The molecule has 0 saturated heterocycles. The van der Waals surface area contributed by atoms with Gasteiger partial charge in [-0.25, -0.2) is 0 Å². The highest BCUT2D eigenvalue weighted by Crippen LogP contribution is 2.35. The number of rotatable bonds is 5. The van der Waals surface area contributed by atoms with E-state index in [1.165, 1.54) is 6.26 Å². The third-order valence-corrected chi connectivity index (χ3v) is 5.79. The maximum absolute atomic E-state index is 12.7. The number of sulfonamides is 1. The van der Waals surface area contributed by atoms with Gasteiger partial charge in [-0.05, 0) is 24.3 Å². The molecular weight excluding hydrogens is 336 g/mol. The third kappa shape index (κ3) is 3.51. The van der Waals surface area contributed by atoms with Gasteiger partial charge in [-0.3, -0.25) is 0 Å². The molecule has 3 rings (SSSR count). The molecule has 0 saturated carbocycles. The minimum atomic E-state index is -3.47. The van der Waals surface area contributed by atoms with Crippen molar-refractivity contribution in [2.24, 2.45) is 5.73 Å². The van der Waals surface area contributed by atoms with E-state index in [2.05, 4.69) is 0 Å². The van der Waals surface area contributed by atoms with Gasteiger partial charge in [0.05, 0.1) is 6.26 Å². The van der Waals surface area contributed by atoms with Crippen molar-refractivity contribution in [3.05, 3.63) is 78.5 Å². The summed E-state index contributed by atoms with van der Waals surface area (Å²) in [5, 5.41) is 0. The first kappa shape index (κ1) is 17.4. The van der Waals surface area contributed by atoms with E-state index in [0.717, 1.165) is 5.57 Å². The van der Waals surface area contributed by atoms with E-state index in [-0.39, 0.29) is 10.4 Å². The van der Waals surface area contributed by atoms with Gasteiger partial charge >= 0.3 is 10.0 Å². The van der Waals surface area contributed by atoms with Crippen LogP contribution in [0.1, 0.15) is 0 Å². The zero-order valence-electron chi connectivity index (χ0n) is 14.0. The van der Waals surface area contributed by atoms with Gasteiger partial charge in [0.25, 0.3) is 0 Å². The fourth-order valence-corrected chi connectivity index (χ4v) is 4.03. The second-order valence-electron chi connectivity index (χ2n) is 5.93. The van der Waals surface area contributed by atoms with E-state index in [0.29, 0.717) is 23.7 Å². The van der Waals surface area contributed by atoms with Crippen LogP contribution in [-0.2, 0) is 10.0 Å². The number of hydrogen-bond acceptors (Lipinski definition) is 4. The number of nitrogens with two attached hydrogens (primary N) is 1. The second kappa shape index (κ2) is 6.84. The van der Waals surface area contributed by atoms with Crippen molar-refractivity contribution in [3.8, 4) is 11.5 Å². The normalized spacial score (nSPS) is 20.2. The molecule has 1 heterocycles. The average Bonchev–Trinajstić information content (AvgIpc) is 2.62. The Balaban J connectivity index is 2.05. The van der Waals surface area contributed by atoms with Crippen molar-refractivity contribution in [3.63, 3.8) is 0 Å².